The van der Waals surface area contributed by atoms with Crippen LogP contribution in [-0.2, 0) is 0 Å². The third-order valence-corrected chi connectivity index (χ3v) is 3.57. The zero-order chi connectivity index (χ0) is 13.0. The quantitative estimate of drug-likeness (QED) is 0.607. The molecule has 1 fully saturated rings. The number of rotatable bonds is 3. The Labute approximate surface area is 107 Å². The molecule has 0 atom stereocenters. The lowest BCUT2D eigenvalue weighted by Crippen LogP contribution is -2.45. The topological polar surface area (TPSA) is 23.6 Å². The summed E-state index contributed by atoms with van der Waals surface area (Å²) in [5, 5.41) is 1.69. The van der Waals surface area contributed by atoms with Crippen LogP contribution in [0.4, 0.5) is 4.48 Å². The van der Waals surface area contributed by atoms with E-state index in [2.05, 4.69) is 0 Å². The SMILES string of the molecule is CN(C1CCCCC1)N(F)C(=O)c1ccccc1. The van der Waals surface area contributed by atoms with Crippen molar-refractivity contribution in [2.45, 2.75) is 38.1 Å². The van der Waals surface area contributed by atoms with Crippen molar-refractivity contribution in [3.05, 3.63) is 35.9 Å². The Morgan fingerprint density at radius 2 is 1.78 bits per heavy atom. The average molecular weight is 250 g/mol. The molecule has 2 rings (SSSR count). The van der Waals surface area contributed by atoms with Gasteiger partial charge in [0.15, 0.2) is 0 Å². The van der Waals surface area contributed by atoms with Gasteiger partial charge < -0.3 is 0 Å². The Morgan fingerprint density at radius 1 is 1.17 bits per heavy atom. The van der Waals surface area contributed by atoms with E-state index in [9.17, 15) is 9.28 Å². The van der Waals surface area contributed by atoms with Crippen LogP contribution in [0.2, 0.25) is 0 Å². The van der Waals surface area contributed by atoms with Crippen LogP contribution < -0.4 is 0 Å². The van der Waals surface area contributed by atoms with E-state index in [-0.39, 0.29) is 11.3 Å². The zero-order valence-electron chi connectivity index (χ0n) is 10.7. The molecule has 0 heterocycles. The number of benzene rings is 1. The van der Waals surface area contributed by atoms with Gasteiger partial charge in [-0.1, -0.05) is 47.2 Å². The van der Waals surface area contributed by atoms with Gasteiger partial charge in [-0.15, -0.1) is 0 Å². The normalized spacial score (nSPS) is 16.8. The molecule has 0 aromatic heterocycles. The molecule has 4 heteroatoms. The first kappa shape index (κ1) is 13.0. The van der Waals surface area contributed by atoms with E-state index < -0.39 is 5.91 Å². The van der Waals surface area contributed by atoms with Crippen LogP contribution in [0.3, 0.4) is 0 Å². The van der Waals surface area contributed by atoms with E-state index in [0.29, 0.717) is 5.56 Å². The van der Waals surface area contributed by atoms with Crippen LogP contribution >= 0.6 is 0 Å². The number of halogens is 1. The molecular weight excluding hydrogens is 231 g/mol. The number of hydrogen-bond donors (Lipinski definition) is 0. The fourth-order valence-electron chi connectivity index (χ4n) is 2.43. The fraction of sp³-hybridized carbons (Fsp3) is 0.500. The standard InChI is InChI=1S/C14H19FN2O/c1-16(13-10-6-3-7-11-13)17(15)14(18)12-8-4-2-5-9-12/h2,4-5,8-9,13H,3,6-7,10-11H2,1H3. The molecule has 1 aromatic carbocycles. The van der Waals surface area contributed by atoms with Crippen molar-refractivity contribution < 1.29 is 9.28 Å². The predicted molar refractivity (Wildman–Crippen MR) is 68.4 cm³/mol. The first-order valence-electron chi connectivity index (χ1n) is 6.48. The van der Waals surface area contributed by atoms with Gasteiger partial charge in [0.1, 0.15) is 0 Å². The summed E-state index contributed by atoms with van der Waals surface area (Å²) >= 11 is 0. The summed E-state index contributed by atoms with van der Waals surface area (Å²) in [6.07, 6.45) is 5.35. The summed E-state index contributed by atoms with van der Waals surface area (Å²) in [6.45, 7) is 0. The van der Waals surface area contributed by atoms with Gasteiger partial charge in [0.25, 0.3) is 5.91 Å². The van der Waals surface area contributed by atoms with Gasteiger partial charge in [-0.3, -0.25) is 4.79 Å². The van der Waals surface area contributed by atoms with Crippen molar-refractivity contribution in [2.75, 3.05) is 7.05 Å². The molecule has 0 N–H and O–H groups in total. The average Bonchev–Trinajstić information content (AvgIpc) is 2.47. The summed E-state index contributed by atoms with van der Waals surface area (Å²) in [5.41, 5.74) is 0.377. The minimum atomic E-state index is -0.594. The first-order valence-corrected chi connectivity index (χ1v) is 6.48. The maximum Gasteiger partial charge on any atom is 0.297 e. The molecule has 0 unspecified atom stereocenters. The number of hydrogen-bond acceptors (Lipinski definition) is 2. The van der Waals surface area contributed by atoms with Crippen LogP contribution in [0.1, 0.15) is 42.5 Å². The van der Waals surface area contributed by atoms with Crippen molar-refractivity contribution in [2.24, 2.45) is 0 Å². The van der Waals surface area contributed by atoms with E-state index in [4.69, 9.17) is 0 Å². The number of amides is 1. The van der Waals surface area contributed by atoms with E-state index >= 15 is 0 Å². The van der Waals surface area contributed by atoms with E-state index in [1.54, 1.807) is 31.3 Å². The Morgan fingerprint density at radius 3 is 2.39 bits per heavy atom. The molecule has 1 aliphatic carbocycles. The van der Waals surface area contributed by atoms with Crippen LogP contribution in [0.15, 0.2) is 30.3 Å². The molecule has 0 aliphatic heterocycles. The van der Waals surface area contributed by atoms with Crippen molar-refractivity contribution in [1.82, 2.24) is 10.2 Å². The highest BCUT2D eigenvalue weighted by molar-refractivity contribution is 5.93. The van der Waals surface area contributed by atoms with Gasteiger partial charge in [-0.25, -0.2) is 0 Å². The highest BCUT2D eigenvalue weighted by Crippen LogP contribution is 2.23. The summed E-state index contributed by atoms with van der Waals surface area (Å²) in [5.74, 6) is -0.594. The van der Waals surface area contributed by atoms with E-state index in [1.807, 2.05) is 6.07 Å². The van der Waals surface area contributed by atoms with Gasteiger partial charge in [0.05, 0.1) is 0 Å². The second-order valence-electron chi connectivity index (χ2n) is 4.80. The molecule has 1 amide bonds. The Balaban J connectivity index is 2.01. The van der Waals surface area contributed by atoms with Gasteiger partial charge in [0.2, 0.25) is 0 Å². The molecule has 0 saturated heterocycles. The number of carbonyl (C=O) groups excluding carboxylic acids is 1. The first-order chi connectivity index (χ1) is 8.70. The van der Waals surface area contributed by atoms with Crippen LogP contribution in [0.5, 0.6) is 0 Å². The van der Waals surface area contributed by atoms with Crippen molar-refractivity contribution >= 4 is 5.91 Å². The smallest absolute Gasteiger partial charge is 0.265 e. The van der Waals surface area contributed by atoms with Crippen LogP contribution in [-0.4, -0.2) is 29.2 Å². The highest BCUT2D eigenvalue weighted by Gasteiger charge is 2.27. The lowest BCUT2D eigenvalue weighted by Gasteiger charge is -2.33. The maximum absolute atomic E-state index is 14.1. The Kier molecular flexibility index (Phi) is 4.31. The van der Waals surface area contributed by atoms with Crippen LogP contribution in [0.25, 0.3) is 0 Å². The van der Waals surface area contributed by atoms with Gasteiger partial charge in [-0.2, -0.15) is 5.01 Å². The molecule has 18 heavy (non-hydrogen) atoms. The van der Waals surface area contributed by atoms with E-state index in [0.717, 1.165) is 25.7 Å². The summed E-state index contributed by atoms with van der Waals surface area (Å²) in [4.78, 5) is 11.9. The highest BCUT2D eigenvalue weighted by atomic mass is 19.2. The van der Waals surface area contributed by atoms with Gasteiger partial charge >= 0.3 is 0 Å². The second-order valence-corrected chi connectivity index (χ2v) is 4.80. The number of carbonyl (C=O) groups is 1. The minimum absolute atomic E-state index is 0.136. The van der Waals surface area contributed by atoms with Gasteiger partial charge in [-0.05, 0) is 25.0 Å². The minimum Gasteiger partial charge on any atom is -0.265 e. The molecule has 3 nitrogen and oxygen atoms in total. The molecule has 0 radical (unpaired) electrons. The summed E-state index contributed by atoms with van der Waals surface area (Å²) < 4.78 is 14.1. The Bertz CT molecular complexity index is 390. The third kappa shape index (κ3) is 2.88. The summed E-state index contributed by atoms with van der Waals surface area (Å²) in [6, 6.07) is 8.68. The molecule has 1 aliphatic rings. The molecule has 1 saturated carbocycles. The largest absolute Gasteiger partial charge is 0.297 e. The second kappa shape index (κ2) is 5.96. The Hall–Kier alpha value is -1.42. The molecule has 0 bridgehead atoms. The molecule has 98 valence electrons. The van der Waals surface area contributed by atoms with E-state index in [1.165, 1.54) is 11.4 Å². The number of nitrogens with zero attached hydrogens (tertiary/aromatic N) is 2. The fourth-order valence-corrected chi connectivity index (χ4v) is 2.43. The summed E-state index contributed by atoms with van der Waals surface area (Å²) in [7, 11) is 1.65. The molecule has 0 spiro atoms. The third-order valence-electron chi connectivity index (χ3n) is 3.57. The van der Waals surface area contributed by atoms with Crippen molar-refractivity contribution in [1.29, 1.82) is 0 Å². The van der Waals surface area contributed by atoms with Crippen molar-refractivity contribution in [3.63, 3.8) is 0 Å². The monoisotopic (exact) mass is 250 g/mol. The zero-order valence-corrected chi connectivity index (χ0v) is 10.7. The predicted octanol–water partition coefficient (Wildman–Crippen LogP) is 3.19. The molecule has 1 aromatic rings. The maximum atomic E-state index is 14.1. The number of hydrazine groups is 1. The molecular formula is C14H19FN2O. The van der Waals surface area contributed by atoms with Gasteiger partial charge in [0, 0.05) is 18.7 Å². The van der Waals surface area contributed by atoms with Crippen molar-refractivity contribution in [3.8, 4) is 0 Å². The lowest BCUT2D eigenvalue weighted by atomic mass is 9.95. The van der Waals surface area contributed by atoms with Crippen LogP contribution in [0, 0.1) is 0 Å². The lowest BCUT2D eigenvalue weighted by molar-refractivity contribution is -0.142.